The molecule has 8 heteroatoms. The van der Waals surface area contributed by atoms with E-state index in [1.165, 1.54) is 0 Å². The molecule has 5 rings (SSSR count). The van der Waals surface area contributed by atoms with E-state index in [-0.39, 0.29) is 24.1 Å². The summed E-state index contributed by atoms with van der Waals surface area (Å²) in [7, 11) is 4.28. The van der Waals surface area contributed by atoms with Crippen LogP contribution >= 0.6 is 11.6 Å². The van der Waals surface area contributed by atoms with Crippen LogP contribution < -0.4 is 20.3 Å². The molecule has 0 saturated heterocycles. The van der Waals surface area contributed by atoms with Gasteiger partial charge in [0.1, 0.15) is 12.7 Å². The average molecular weight is 514 g/mol. The fourth-order valence-electron chi connectivity index (χ4n) is 5.73. The molecule has 1 amide bonds. The number of benzene rings is 1. The molecule has 0 spiro atoms. The molecule has 7 nitrogen and oxygen atoms in total. The zero-order valence-electron chi connectivity index (χ0n) is 21.6. The highest BCUT2D eigenvalue weighted by atomic mass is 35.5. The molecule has 2 aromatic rings. The molecule has 3 aliphatic rings. The van der Waals surface area contributed by atoms with E-state index in [1.807, 2.05) is 19.9 Å². The van der Waals surface area contributed by atoms with Crippen LogP contribution in [0.3, 0.4) is 0 Å². The number of hydrogen-bond acceptors (Lipinski definition) is 5. The Kier molecular flexibility index (Phi) is 7.05. The first kappa shape index (κ1) is 25.2. The summed E-state index contributed by atoms with van der Waals surface area (Å²) in [4.78, 5) is 31.1. The van der Waals surface area contributed by atoms with Gasteiger partial charge in [0, 0.05) is 35.0 Å². The first-order chi connectivity index (χ1) is 17.2. The van der Waals surface area contributed by atoms with Gasteiger partial charge in [0.05, 0.1) is 5.02 Å². The standard InChI is InChI=1S/C28H36ClN3O4/c1-15-11-21(17-5-6-17)22(28(34)31-15)13-30-27(33)20-12-23(29)26-25(16(20)2)36-24(14-35-26)18-7-9-19(10-8-18)32(3)4/h11-12,17-19,24H,5-10,13-14H2,1-4H3,(H,30,33)(H,31,34)/t18-,19+,24-/m1/s1. The number of hydrogen-bond donors (Lipinski definition) is 2. The molecule has 2 N–H and O–H groups in total. The average Bonchev–Trinajstić information content (AvgIpc) is 3.70. The first-order valence-electron chi connectivity index (χ1n) is 13.0. The maximum absolute atomic E-state index is 13.3. The molecule has 1 aromatic heterocycles. The number of fused-ring (bicyclic) bond motifs is 1. The molecule has 36 heavy (non-hydrogen) atoms. The monoisotopic (exact) mass is 513 g/mol. The number of rotatable bonds is 6. The third-order valence-electron chi connectivity index (χ3n) is 8.09. The molecule has 0 unspecified atom stereocenters. The molecule has 2 aliphatic carbocycles. The Labute approximate surface area is 217 Å². The van der Waals surface area contributed by atoms with Crippen LogP contribution in [0.1, 0.15) is 77.2 Å². The SMILES string of the molecule is Cc1cc(C2CC2)c(CNC(=O)c2cc(Cl)c3c(c2C)O[C@@H]([C@H]2CC[C@@H](N(C)C)CC2)CO3)c(=O)[nH]1. The van der Waals surface area contributed by atoms with E-state index < -0.39 is 0 Å². The molecule has 2 saturated carbocycles. The van der Waals surface area contributed by atoms with E-state index in [0.29, 0.717) is 57.7 Å². The minimum absolute atomic E-state index is 0.0547. The maximum atomic E-state index is 13.3. The number of aromatic amines is 1. The van der Waals surface area contributed by atoms with E-state index in [2.05, 4.69) is 29.3 Å². The van der Waals surface area contributed by atoms with Gasteiger partial charge in [-0.2, -0.15) is 0 Å². The highest BCUT2D eigenvalue weighted by Gasteiger charge is 2.35. The highest BCUT2D eigenvalue weighted by molar-refractivity contribution is 6.32. The number of carbonyl (C=O) groups is 1. The summed E-state index contributed by atoms with van der Waals surface area (Å²) in [5.74, 6) is 1.61. The molecule has 194 valence electrons. The van der Waals surface area contributed by atoms with E-state index in [1.54, 1.807) is 6.07 Å². The summed E-state index contributed by atoms with van der Waals surface area (Å²) in [6.07, 6.45) is 6.58. The van der Waals surface area contributed by atoms with Gasteiger partial charge < -0.3 is 24.7 Å². The van der Waals surface area contributed by atoms with Gasteiger partial charge in [-0.3, -0.25) is 9.59 Å². The summed E-state index contributed by atoms with van der Waals surface area (Å²) in [6.45, 7) is 4.39. The summed E-state index contributed by atoms with van der Waals surface area (Å²) in [6, 6.07) is 4.28. The number of aromatic nitrogens is 1. The van der Waals surface area contributed by atoms with Crippen molar-refractivity contribution in [2.45, 2.75) is 77.0 Å². The fourth-order valence-corrected chi connectivity index (χ4v) is 5.98. The Hall–Kier alpha value is -2.51. The quantitative estimate of drug-likeness (QED) is 0.584. The Bertz CT molecular complexity index is 1210. The second-order valence-corrected chi connectivity index (χ2v) is 11.3. The van der Waals surface area contributed by atoms with Crippen molar-refractivity contribution in [3.63, 3.8) is 0 Å². The van der Waals surface area contributed by atoms with Gasteiger partial charge >= 0.3 is 0 Å². The smallest absolute Gasteiger partial charge is 0.253 e. The Balaban J connectivity index is 1.32. The molecular formula is C28H36ClN3O4. The topological polar surface area (TPSA) is 83.7 Å². The number of halogens is 1. The van der Waals surface area contributed by atoms with Crippen molar-refractivity contribution in [1.82, 2.24) is 15.2 Å². The van der Waals surface area contributed by atoms with Crippen LogP contribution in [0.2, 0.25) is 5.02 Å². The fraction of sp³-hybridized carbons (Fsp3) is 0.571. The van der Waals surface area contributed by atoms with Crippen LogP contribution in [0, 0.1) is 19.8 Å². The first-order valence-corrected chi connectivity index (χ1v) is 13.4. The normalized spacial score (nSPS) is 23.6. The summed E-state index contributed by atoms with van der Waals surface area (Å²) in [5, 5.41) is 3.31. The van der Waals surface area contributed by atoms with Crippen LogP contribution in [0.4, 0.5) is 0 Å². The Morgan fingerprint density at radius 2 is 1.83 bits per heavy atom. The zero-order chi connectivity index (χ0) is 25.6. The minimum atomic E-state index is -0.281. The largest absolute Gasteiger partial charge is 0.484 e. The maximum Gasteiger partial charge on any atom is 0.253 e. The number of nitrogens with zero attached hydrogens (tertiary/aromatic N) is 1. The predicted molar refractivity (Wildman–Crippen MR) is 140 cm³/mol. The van der Waals surface area contributed by atoms with Crippen molar-refractivity contribution < 1.29 is 14.3 Å². The van der Waals surface area contributed by atoms with Crippen molar-refractivity contribution in [2.75, 3.05) is 20.7 Å². The van der Waals surface area contributed by atoms with Crippen molar-refractivity contribution in [3.8, 4) is 11.5 Å². The molecule has 0 bridgehead atoms. The number of ether oxygens (including phenoxy) is 2. The molecule has 2 fully saturated rings. The number of nitrogens with one attached hydrogen (secondary N) is 2. The third-order valence-corrected chi connectivity index (χ3v) is 8.37. The number of H-pyrrole nitrogens is 1. The van der Waals surface area contributed by atoms with E-state index in [0.717, 1.165) is 49.8 Å². The Morgan fingerprint density at radius 1 is 1.11 bits per heavy atom. The third kappa shape index (κ3) is 5.00. The van der Waals surface area contributed by atoms with Crippen molar-refractivity contribution >= 4 is 17.5 Å². The lowest BCUT2D eigenvalue weighted by atomic mass is 9.82. The summed E-state index contributed by atoms with van der Waals surface area (Å²) >= 11 is 6.54. The van der Waals surface area contributed by atoms with Gasteiger partial charge in [-0.1, -0.05) is 11.6 Å². The van der Waals surface area contributed by atoms with E-state index in [4.69, 9.17) is 21.1 Å². The minimum Gasteiger partial charge on any atom is -0.484 e. The van der Waals surface area contributed by atoms with Crippen LogP contribution in [-0.2, 0) is 6.54 Å². The van der Waals surface area contributed by atoms with Crippen molar-refractivity contribution in [1.29, 1.82) is 0 Å². The lowest BCUT2D eigenvalue weighted by molar-refractivity contribution is 0.0239. The Morgan fingerprint density at radius 3 is 2.50 bits per heavy atom. The van der Waals surface area contributed by atoms with Crippen LogP contribution in [0.15, 0.2) is 16.9 Å². The second-order valence-electron chi connectivity index (χ2n) is 10.9. The number of aryl methyl sites for hydroxylation is 1. The van der Waals surface area contributed by atoms with Gasteiger partial charge in [0.25, 0.3) is 11.5 Å². The van der Waals surface area contributed by atoms with Crippen molar-refractivity contribution in [3.05, 3.63) is 55.5 Å². The van der Waals surface area contributed by atoms with Gasteiger partial charge in [0.2, 0.25) is 0 Å². The number of amides is 1. The van der Waals surface area contributed by atoms with E-state index in [9.17, 15) is 9.59 Å². The van der Waals surface area contributed by atoms with E-state index >= 15 is 0 Å². The number of carbonyl (C=O) groups excluding carboxylic acids is 1. The van der Waals surface area contributed by atoms with Gasteiger partial charge in [0.15, 0.2) is 11.5 Å². The summed E-state index contributed by atoms with van der Waals surface area (Å²) in [5.41, 5.74) is 3.53. The van der Waals surface area contributed by atoms with Crippen LogP contribution in [0.5, 0.6) is 11.5 Å². The van der Waals surface area contributed by atoms with Crippen LogP contribution in [0.25, 0.3) is 0 Å². The lowest BCUT2D eigenvalue weighted by Crippen LogP contribution is -2.41. The molecular weight excluding hydrogens is 478 g/mol. The second kappa shape index (κ2) is 10.1. The van der Waals surface area contributed by atoms with Crippen molar-refractivity contribution in [2.24, 2.45) is 5.92 Å². The van der Waals surface area contributed by atoms with Gasteiger partial charge in [-0.25, -0.2) is 0 Å². The molecule has 0 radical (unpaired) electrons. The predicted octanol–water partition coefficient (Wildman–Crippen LogP) is 4.71. The summed E-state index contributed by atoms with van der Waals surface area (Å²) < 4.78 is 12.5. The molecule has 1 atom stereocenters. The molecule has 2 heterocycles. The zero-order valence-corrected chi connectivity index (χ0v) is 22.3. The lowest BCUT2D eigenvalue weighted by Gasteiger charge is -2.38. The van der Waals surface area contributed by atoms with Gasteiger partial charge in [-0.15, -0.1) is 0 Å². The number of pyridine rings is 1. The highest BCUT2D eigenvalue weighted by Crippen LogP contribution is 2.45. The molecule has 1 aromatic carbocycles. The van der Waals surface area contributed by atoms with Crippen LogP contribution in [-0.4, -0.2) is 48.6 Å². The van der Waals surface area contributed by atoms with Gasteiger partial charge in [-0.05, 0) is 96.0 Å². The molecule has 1 aliphatic heterocycles.